The molecule has 6 nitrogen and oxygen atoms in total. The van der Waals surface area contributed by atoms with Crippen molar-refractivity contribution in [3.05, 3.63) is 22.4 Å². The van der Waals surface area contributed by atoms with Crippen LogP contribution in [0, 0.1) is 17.8 Å². The maximum absolute atomic E-state index is 12.8. The van der Waals surface area contributed by atoms with Gasteiger partial charge in [-0.1, -0.05) is 33.8 Å². The topological polar surface area (TPSA) is 78.5 Å². The number of hydrogen-bond acceptors (Lipinski definition) is 4. The average molecular weight is 408 g/mol. The van der Waals surface area contributed by atoms with Gasteiger partial charge in [0.05, 0.1) is 4.88 Å². The van der Waals surface area contributed by atoms with Crippen molar-refractivity contribution < 1.29 is 14.4 Å². The van der Waals surface area contributed by atoms with Gasteiger partial charge >= 0.3 is 0 Å². The van der Waals surface area contributed by atoms with Gasteiger partial charge in [0, 0.05) is 26.1 Å². The number of hydrogen-bond donors (Lipinski definition) is 2. The van der Waals surface area contributed by atoms with Crippen LogP contribution in [-0.4, -0.2) is 48.3 Å². The summed E-state index contributed by atoms with van der Waals surface area (Å²) in [7, 11) is 0. The van der Waals surface area contributed by atoms with Crippen molar-refractivity contribution in [2.45, 2.75) is 53.0 Å². The Balaban J connectivity index is 1.99. The predicted octanol–water partition coefficient (Wildman–Crippen LogP) is 2.90. The summed E-state index contributed by atoms with van der Waals surface area (Å²) < 4.78 is 0. The Morgan fingerprint density at radius 3 is 2.36 bits per heavy atom. The number of carbonyl (C=O) groups excluding carboxylic acids is 3. The molecule has 1 saturated heterocycles. The quantitative estimate of drug-likeness (QED) is 0.695. The SMILES string of the molecule is CC(C)CNC(=O)C(NC(=O)CC(C)C)C1CCN(C(=O)c2cccs2)CC1. The Morgan fingerprint density at radius 1 is 1.14 bits per heavy atom. The smallest absolute Gasteiger partial charge is 0.263 e. The summed E-state index contributed by atoms with van der Waals surface area (Å²) in [6.07, 6.45) is 1.82. The van der Waals surface area contributed by atoms with E-state index in [1.165, 1.54) is 11.3 Å². The van der Waals surface area contributed by atoms with Crippen LogP contribution in [0.5, 0.6) is 0 Å². The van der Waals surface area contributed by atoms with E-state index in [4.69, 9.17) is 0 Å². The lowest BCUT2D eigenvalue weighted by Crippen LogP contribution is -2.54. The number of nitrogens with one attached hydrogen (secondary N) is 2. The van der Waals surface area contributed by atoms with Gasteiger partial charge in [-0.25, -0.2) is 0 Å². The van der Waals surface area contributed by atoms with Crippen LogP contribution in [0.3, 0.4) is 0 Å². The Morgan fingerprint density at radius 2 is 1.82 bits per heavy atom. The van der Waals surface area contributed by atoms with E-state index in [9.17, 15) is 14.4 Å². The van der Waals surface area contributed by atoms with Gasteiger partial charge in [0.2, 0.25) is 11.8 Å². The summed E-state index contributed by atoms with van der Waals surface area (Å²) in [6, 6.07) is 3.18. The number of nitrogens with zero attached hydrogens (tertiary/aromatic N) is 1. The molecule has 2 rings (SSSR count). The Bertz CT molecular complexity index is 650. The van der Waals surface area contributed by atoms with Gasteiger partial charge < -0.3 is 15.5 Å². The number of amides is 3. The molecular weight excluding hydrogens is 374 g/mol. The minimum atomic E-state index is -0.538. The summed E-state index contributed by atoms with van der Waals surface area (Å²) in [5.41, 5.74) is 0. The minimum Gasteiger partial charge on any atom is -0.354 e. The van der Waals surface area contributed by atoms with Crippen LogP contribution in [0.4, 0.5) is 0 Å². The molecule has 0 spiro atoms. The van der Waals surface area contributed by atoms with Crippen molar-refractivity contribution in [3.63, 3.8) is 0 Å². The first kappa shape index (κ1) is 22.4. The number of likely N-dealkylation sites (tertiary alicyclic amines) is 1. The summed E-state index contributed by atoms with van der Waals surface area (Å²) in [4.78, 5) is 40.2. The van der Waals surface area contributed by atoms with Gasteiger partial charge in [0.25, 0.3) is 5.91 Å². The molecule has 0 radical (unpaired) electrons. The lowest BCUT2D eigenvalue weighted by Gasteiger charge is -2.35. The molecule has 28 heavy (non-hydrogen) atoms. The van der Waals surface area contributed by atoms with Crippen LogP contribution in [0.2, 0.25) is 0 Å². The summed E-state index contributed by atoms with van der Waals surface area (Å²) in [6.45, 7) is 9.86. The van der Waals surface area contributed by atoms with Crippen molar-refractivity contribution in [2.75, 3.05) is 19.6 Å². The van der Waals surface area contributed by atoms with Crippen molar-refractivity contribution in [2.24, 2.45) is 17.8 Å². The zero-order valence-corrected chi connectivity index (χ0v) is 18.2. The predicted molar refractivity (Wildman–Crippen MR) is 112 cm³/mol. The highest BCUT2D eigenvalue weighted by Gasteiger charge is 2.34. The largest absolute Gasteiger partial charge is 0.354 e. The van der Waals surface area contributed by atoms with E-state index in [1.54, 1.807) is 0 Å². The van der Waals surface area contributed by atoms with E-state index in [1.807, 2.05) is 50.1 Å². The lowest BCUT2D eigenvalue weighted by molar-refractivity contribution is -0.131. The fourth-order valence-electron chi connectivity index (χ4n) is 3.41. The van der Waals surface area contributed by atoms with E-state index in [0.29, 0.717) is 44.8 Å². The molecule has 1 aromatic heterocycles. The fourth-order valence-corrected chi connectivity index (χ4v) is 4.10. The van der Waals surface area contributed by atoms with Gasteiger partial charge in [0.1, 0.15) is 6.04 Å². The molecule has 1 fully saturated rings. The van der Waals surface area contributed by atoms with Crippen LogP contribution in [0.1, 0.15) is 56.6 Å². The molecular formula is C21H33N3O3S. The van der Waals surface area contributed by atoms with Gasteiger partial charge in [0.15, 0.2) is 0 Å². The second-order valence-electron chi connectivity index (χ2n) is 8.39. The van der Waals surface area contributed by atoms with E-state index in [0.717, 1.165) is 4.88 Å². The van der Waals surface area contributed by atoms with Gasteiger partial charge in [-0.3, -0.25) is 14.4 Å². The highest BCUT2D eigenvalue weighted by Crippen LogP contribution is 2.24. The second kappa shape index (κ2) is 10.6. The molecule has 1 atom stereocenters. The van der Waals surface area contributed by atoms with Crippen molar-refractivity contribution in [1.29, 1.82) is 0 Å². The monoisotopic (exact) mass is 407 g/mol. The number of thiophene rings is 1. The third-order valence-corrected chi connectivity index (χ3v) is 5.77. The molecule has 2 N–H and O–H groups in total. The lowest BCUT2D eigenvalue weighted by atomic mass is 9.88. The number of rotatable bonds is 8. The van der Waals surface area contributed by atoms with E-state index in [-0.39, 0.29) is 29.6 Å². The van der Waals surface area contributed by atoms with Crippen molar-refractivity contribution >= 4 is 29.1 Å². The van der Waals surface area contributed by atoms with Crippen LogP contribution in [0.25, 0.3) is 0 Å². The standard InChI is InChI=1S/C21H33N3O3S/c1-14(2)12-18(25)23-19(20(26)22-13-15(3)4)16-7-9-24(10-8-16)21(27)17-6-5-11-28-17/h5-6,11,14-16,19H,7-10,12-13H2,1-4H3,(H,22,26)(H,23,25). The van der Waals surface area contributed by atoms with Crippen LogP contribution in [0.15, 0.2) is 17.5 Å². The highest BCUT2D eigenvalue weighted by atomic mass is 32.1. The molecule has 7 heteroatoms. The van der Waals surface area contributed by atoms with Crippen molar-refractivity contribution in [1.82, 2.24) is 15.5 Å². The van der Waals surface area contributed by atoms with Crippen LogP contribution >= 0.6 is 11.3 Å². The van der Waals surface area contributed by atoms with Gasteiger partial charge in [-0.2, -0.15) is 0 Å². The molecule has 3 amide bonds. The number of piperidine rings is 1. The molecule has 1 aliphatic rings. The van der Waals surface area contributed by atoms with Gasteiger partial charge in [-0.15, -0.1) is 11.3 Å². The first-order valence-electron chi connectivity index (χ1n) is 10.2. The molecule has 0 aliphatic carbocycles. The minimum absolute atomic E-state index is 0.0376. The van der Waals surface area contributed by atoms with Crippen molar-refractivity contribution in [3.8, 4) is 0 Å². The average Bonchev–Trinajstić information content (AvgIpc) is 3.18. The Hall–Kier alpha value is -1.89. The zero-order chi connectivity index (χ0) is 20.7. The van der Waals surface area contributed by atoms with E-state index < -0.39 is 6.04 Å². The first-order chi connectivity index (χ1) is 13.3. The molecule has 1 unspecified atom stereocenters. The van der Waals surface area contributed by atoms with Crippen LogP contribution < -0.4 is 10.6 Å². The number of carbonyl (C=O) groups is 3. The summed E-state index contributed by atoms with van der Waals surface area (Å²) >= 11 is 1.45. The van der Waals surface area contributed by atoms with Crippen LogP contribution in [-0.2, 0) is 9.59 Å². The first-order valence-corrected chi connectivity index (χ1v) is 11.1. The van der Waals surface area contributed by atoms with E-state index in [2.05, 4.69) is 10.6 Å². The zero-order valence-electron chi connectivity index (χ0n) is 17.4. The third kappa shape index (κ3) is 6.62. The Labute approximate surface area is 172 Å². The molecule has 1 aromatic rings. The molecule has 0 aromatic carbocycles. The fraction of sp³-hybridized carbons (Fsp3) is 0.667. The maximum atomic E-state index is 12.8. The highest BCUT2D eigenvalue weighted by molar-refractivity contribution is 7.12. The third-order valence-electron chi connectivity index (χ3n) is 4.91. The molecule has 2 heterocycles. The summed E-state index contributed by atoms with van der Waals surface area (Å²) in [5.74, 6) is 0.477. The Kier molecular flexibility index (Phi) is 8.48. The summed E-state index contributed by atoms with van der Waals surface area (Å²) in [5, 5.41) is 7.82. The normalized spacial score (nSPS) is 16.3. The van der Waals surface area contributed by atoms with Gasteiger partial charge in [-0.05, 0) is 42.0 Å². The molecule has 1 aliphatic heterocycles. The molecule has 156 valence electrons. The molecule has 0 bridgehead atoms. The second-order valence-corrected chi connectivity index (χ2v) is 9.34. The van der Waals surface area contributed by atoms with E-state index >= 15 is 0 Å². The molecule has 0 saturated carbocycles. The maximum Gasteiger partial charge on any atom is 0.263 e.